The summed E-state index contributed by atoms with van der Waals surface area (Å²) in [4.78, 5) is 41.0. The van der Waals surface area contributed by atoms with E-state index in [0.29, 0.717) is 31.9 Å². The Kier molecular flexibility index (Phi) is 7.89. The SMILES string of the molecule is COC(=O)C(Cc1cc(F)c(F)c(C)c1F)OC(=O)N1CCC(N2CCc3ccccc3NC2=O)CC1. The van der Waals surface area contributed by atoms with Crippen LogP contribution in [0.4, 0.5) is 28.4 Å². The average Bonchev–Trinajstić information content (AvgIpc) is 3.07. The van der Waals surface area contributed by atoms with Gasteiger partial charge in [-0.15, -0.1) is 0 Å². The van der Waals surface area contributed by atoms with E-state index in [1.807, 2.05) is 24.3 Å². The first kappa shape index (κ1) is 26.3. The molecule has 2 aromatic carbocycles. The molecule has 2 aliphatic heterocycles. The zero-order valence-corrected chi connectivity index (χ0v) is 20.6. The number of hydrogen-bond donors (Lipinski definition) is 1. The first-order chi connectivity index (χ1) is 17.7. The molecule has 1 atom stereocenters. The van der Waals surface area contributed by atoms with Crippen molar-refractivity contribution in [3.05, 3.63) is 64.5 Å². The van der Waals surface area contributed by atoms with Gasteiger partial charge in [-0.25, -0.2) is 27.6 Å². The maximum atomic E-state index is 14.5. The van der Waals surface area contributed by atoms with Gasteiger partial charge in [-0.05, 0) is 49.4 Å². The van der Waals surface area contributed by atoms with Crippen LogP contribution in [0.1, 0.15) is 29.5 Å². The number of carbonyl (C=O) groups excluding carboxylic acids is 3. The van der Waals surface area contributed by atoms with Crippen molar-refractivity contribution in [2.24, 2.45) is 0 Å². The number of halogens is 3. The first-order valence-electron chi connectivity index (χ1n) is 12.0. The molecular formula is C26H28F3N3O5. The smallest absolute Gasteiger partial charge is 0.410 e. The Morgan fingerprint density at radius 1 is 1.11 bits per heavy atom. The number of nitrogens with one attached hydrogen (secondary N) is 1. The summed E-state index contributed by atoms with van der Waals surface area (Å²) in [6.45, 7) is 2.16. The number of ether oxygens (including phenoxy) is 2. The van der Waals surface area contributed by atoms with Crippen LogP contribution in [0.2, 0.25) is 0 Å². The molecule has 0 radical (unpaired) electrons. The number of amides is 3. The molecule has 1 unspecified atom stereocenters. The molecule has 198 valence electrons. The largest absolute Gasteiger partial charge is 0.466 e. The van der Waals surface area contributed by atoms with Gasteiger partial charge in [0.2, 0.25) is 6.10 Å². The number of nitrogens with zero attached hydrogens (tertiary/aromatic N) is 2. The summed E-state index contributed by atoms with van der Waals surface area (Å²) >= 11 is 0. The van der Waals surface area contributed by atoms with Gasteiger partial charge in [0.05, 0.1) is 7.11 Å². The van der Waals surface area contributed by atoms with Crippen LogP contribution in [0.15, 0.2) is 30.3 Å². The number of methoxy groups -OCH3 is 1. The van der Waals surface area contributed by atoms with Gasteiger partial charge in [-0.3, -0.25) is 0 Å². The van der Waals surface area contributed by atoms with Crippen molar-refractivity contribution in [2.75, 3.05) is 32.1 Å². The minimum Gasteiger partial charge on any atom is -0.466 e. The second-order valence-corrected chi connectivity index (χ2v) is 9.12. The lowest BCUT2D eigenvalue weighted by Crippen LogP contribution is -2.50. The van der Waals surface area contributed by atoms with E-state index in [1.54, 1.807) is 4.90 Å². The molecule has 0 aliphatic carbocycles. The lowest BCUT2D eigenvalue weighted by molar-refractivity contribution is -0.151. The van der Waals surface area contributed by atoms with E-state index in [1.165, 1.54) is 4.90 Å². The zero-order valence-electron chi connectivity index (χ0n) is 20.6. The molecule has 0 spiro atoms. The fourth-order valence-corrected chi connectivity index (χ4v) is 4.74. The summed E-state index contributed by atoms with van der Waals surface area (Å²) in [5, 5.41) is 2.94. The van der Waals surface area contributed by atoms with E-state index in [-0.39, 0.29) is 30.7 Å². The number of fused-ring (bicyclic) bond motifs is 1. The highest BCUT2D eigenvalue weighted by atomic mass is 19.2. The van der Waals surface area contributed by atoms with Crippen LogP contribution in [0.3, 0.4) is 0 Å². The zero-order chi connectivity index (χ0) is 26.7. The van der Waals surface area contributed by atoms with E-state index in [9.17, 15) is 27.6 Å². The fourth-order valence-electron chi connectivity index (χ4n) is 4.74. The molecule has 11 heteroatoms. The Bertz CT molecular complexity index is 1200. The molecule has 2 aliphatic rings. The summed E-state index contributed by atoms with van der Waals surface area (Å²) in [6, 6.07) is 7.98. The Morgan fingerprint density at radius 3 is 2.51 bits per heavy atom. The number of benzene rings is 2. The van der Waals surface area contributed by atoms with Gasteiger partial charge in [0.25, 0.3) is 0 Å². The molecule has 0 saturated carbocycles. The van der Waals surface area contributed by atoms with Gasteiger partial charge in [-0.2, -0.15) is 0 Å². The monoisotopic (exact) mass is 519 g/mol. The van der Waals surface area contributed by atoms with Crippen molar-refractivity contribution in [1.29, 1.82) is 0 Å². The Labute approximate surface area is 212 Å². The van der Waals surface area contributed by atoms with Crippen molar-refractivity contribution in [1.82, 2.24) is 9.80 Å². The lowest BCUT2D eigenvalue weighted by atomic mass is 10.0. The molecule has 4 rings (SSSR count). The van der Waals surface area contributed by atoms with Crippen molar-refractivity contribution >= 4 is 23.8 Å². The van der Waals surface area contributed by atoms with Gasteiger partial charge in [-0.1, -0.05) is 18.2 Å². The van der Waals surface area contributed by atoms with Crippen LogP contribution in [-0.4, -0.2) is 66.8 Å². The van der Waals surface area contributed by atoms with Crippen molar-refractivity contribution in [3.63, 3.8) is 0 Å². The number of urea groups is 1. The van der Waals surface area contributed by atoms with Crippen molar-refractivity contribution in [3.8, 4) is 0 Å². The number of likely N-dealkylation sites (tertiary alicyclic amines) is 1. The quantitative estimate of drug-likeness (QED) is 0.473. The van der Waals surface area contributed by atoms with Gasteiger partial charge in [0.1, 0.15) is 5.82 Å². The summed E-state index contributed by atoms with van der Waals surface area (Å²) < 4.78 is 51.9. The molecule has 2 aromatic rings. The standard InChI is InChI=1S/C26H28F3N3O5/c1-15-22(28)17(13-19(27)23(15)29)14-21(24(33)36-2)37-26(35)31-10-8-18(9-11-31)32-12-7-16-5-3-4-6-20(16)30-25(32)34/h3-6,13,18,21H,7-12,14H2,1-2H3,(H,30,34). The maximum Gasteiger partial charge on any atom is 0.410 e. The molecule has 0 aromatic heterocycles. The second kappa shape index (κ2) is 11.1. The Hall–Kier alpha value is -3.76. The van der Waals surface area contributed by atoms with Crippen LogP contribution in [0.25, 0.3) is 0 Å². The van der Waals surface area contributed by atoms with E-state index >= 15 is 0 Å². The van der Waals surface area contributed by atoms with Crippen molar-refractivity contribution in [2.45, 2.75) is 44.8 Å². The third-order valence-corrected chi connectivity index (χ3v) is 6.87. The highest BCUT2D eigenvalue weighted by Gasteiger charge is 2.34. The summed E-state index contributed by atoms with van der Waals surface area (Å²) in [6.07, 6.45) is -1.19. The number of anilines is 1. The topological polar surface area (TPSA) is 88.2 Å². The summed E-state index contributed by atoms with van der Waals surface area (Å²) in [5.41, 5.74) is 0.998. The molecule has 8 nitrogen and oxygen atoms in total. The molecule has 0 bridgehead atoms. The lowest BCUT2D eigenvalue weighted by Gasteiger charge is -2.37. The molecule has 3 amide bonds. The fraction of sp³-hybridized carbons (Fsp3) is 0.423. The van der Waals surface area contributed by atoms with Crippen molar-refractivity contribution < 1.29 is 37.0 Å². The normalized spacial score (nSPS) is 16.9. The number of esters is 1. The van der Waals surface area contributed by atoms with Crippen LogP contribution in [0, 0.1) is 24.4 Å². The number of hydrogen-bond acceptors (Lipinski definition) is 5. The molecule has 2 heterocycles. The predicted molar refractivity (Wildman–Crippen MR) is 128 cm³/mol. The molecule has 1 fully saturated rings. The van der Waals surface area contributed by atoms with E-state index < -0.39 is 47.6 Å². The number of para-hydroxylation sites is 1. The molecule has 37 heavy (non-hydrogen) atoms. The minimum absolute atomic E-state index is 0.0889. The summed E-state index contributed by atoms with van der Waals surface area (Å²) in [5.74, 6) is -4.57. The van der Waals surface area contributed by atoms with Gasteiger partial charge in [0, 0.05) is 43.3 Å². The van der Waals surface area contributed by atoms with E-state index in [4.69, 9.17) is 4.74 Å². The third kappa shape index (κ3) is 5.65. The number of piperidine rings is 1. The first-order valence-corrected chi connectivity index (χ1v) is 12.0. The number of carbonyl (C=O) groups is 3. The second-order valence-electron chi connectivity index (χ2n) is 9.12. The van der Waals surface area contributed by atoms with Gasteiger partial charge < -0.3 is 24.6 Å². The molecule has 1 saturated heterocycles. The highest BCUT2D eigenvalue weighted by Crippen LogP contribution is 2.26. The van der Waals surface area contributed by atoms with Crippen LogP contribution in [0.5, 0.6) is 0 Å². The van der Waals surface area contributed by atoms with Gasteiger partial charge in [0.15, 0.2) is 11.6 Å². The Balaban J connectivity index is 1.37. The van der Waals surface area contributed by atoms with Crippen LogP contribution in [-0.2, 0) is 27.1 Å². The summed E-state index contributed by atoms with van der Waals surface area (Å²) in [7, 11) is 1.08. The predicted octanol–water partition coefficient (Wildman–Crippen LogP) is 4.19. The maximum absolute atomic E-state index is 14.5. The minimum atomic E-state index is -1.55. The highest BCUT2D eigenvalue weighted by molar-refractivity contribution is 5.91. The van der Waals surface area contributed by atoms with Gasteiger partial charge >= 0.3 is 18.1 Å². The molecule has 1 N–H and O–H groups in total. The third-order valence-electron chi connectivity index (χ3n) is 6.87. The van der Waals surface area contributed by atoms with E-state index in [2.05, 4.69) is 10.1 Å². The van der Waals surface area contributed by atoms with E-state index in [0.717, 1.165) is 25.3 Å². The molecular weight excluding hydrogens is 491 g/mol. The Morgan fingerprint density at radius 2 is 1.81 bits per heavy atom. The number of rotatable bonds is 5. The van der Waals surface area contributed by atoms with Crippen LogP contribution >= 0.6 is 0 Å². The van der Waals surface area contributed by atoms with Crippen LogP contribution < -0.4 is 5.32 Å². The average molecular weight is 520 g/mol.